The molecule has 0 radical (unpaired) electrons. The van der Waals surface area contributed by atoms with E-state index in [9.17, 15) is 18.7 Å². The van der Waals surface area contributed by atoms with Crippen molar-refractivity contribution in [2.75, 3.05) is 0 Å². The second-order valence-corrected chi connectivity index (χ2v) is 6.75. The molecule has 0 bridgehead atoms. The first-order chi connectivity index (χ1) is 12.8. The number of carbonyl (C=O) groups is 1. The number of ketones is 1. The maximum absolute atomic E-state index is 14.2. The number of rotatable bonds is 4. The Balaban J connectivity index is 2.04. The van der Waals surface area contributed by atoms with E-state index >= 15 is 0 Å². The zero-order valence-corrected chi connectivity index (χ0v) is 15.4. The molecule has 4 heteroatoms. The van der Waals surface area contributed by atoms with Gasteiger partial charge in [0.05, 0.1) is 0 Å². The van der Waals surface area contributed by atoms with E-state index in [0.29, 0.717) is 16.7 Å². The fourth-order valence-corrected chi connectivity index (χ4v) is 3.17. The summed E-state index contributed by atoms with van der Waals surface area (Å²) >= 11 is 0. The topological polar surface area (TPSA) is 37.3 Å². The van der Waals surface area contributed by atoms with E-state index in [1.165, 1.54) is 18.2 Å². The van der Waals surface area contributed by atoms with Gasteiger partial charge < -0.3 is 5.11 Å². The van der Waals surface area contributed by atoms with E-state index in [0.717, 1.165) is 22.8 Å². The van der Waals surface area contributed by atoms with Crippen LogP contribution >= 0.6 is 0 Å². The molecule has 1 N–H and O–H groups in total. The largest absolute Gasteiger partial charge is 0.508 e. The maximum Gasteiger partial charge on any atom is 0.167 e. The lowest BCUT2D eigenvalue weighted by molar-refractivity contribution is 0.0991. The molecule has 138 valence electrons. The Morgan fingerprint density at radius 1 is 0.926 bits per heavy atom. The van der Waals surface area contributed by atoms with Gasteiger partial charge in [-0.15, -0.1) is 0 Å². The lowest BCUT2D eigenvalue weighted by Gasteiger charge is -2.14. The SMILES string of the molecule is Cc1cc(-c2cccc(F)c2)cc(C(=O)Cc2c(F)ccc(O)c2C)c1C. The molecule has 0 aliphatic carbocycles. The van der Waals surface area contributed by atoms with Crippen LogP contribution in [0.25, 0.3) is 11.1 Å². The second kappa shape index (κ2) is 7.31. The Labute approximate surface area is 157 Å². The normalized spacial score (nSPS) is 10.9. The Morgan fingerprint density at radius 2 is 1.67 bits per heavy atom. The molecule has 0 amide bonds. The molecule has 0 aliphatic heterocycles. The zero-order valence-electron chi connectivity index (χ0n) is 15.4. The highest BCUT2D eigenvalue weighted by atomic mass is 19.1. The van der Waals surface area contributed by atoms with Gasteiger partial charge in [0.15, 0.2) is 5.78 Å². The highest BCUT2D eigenvalue weighted by Gasteiger charge is 2.18. The van der Waals surface area contributed by atoms with Crippen LogP contribution in [0.2, 0.25) is 0 Å². The number of aromatic hydroxyl groups is 1. The molecule has 0 saturated heterocycles. The number of carbonyl (C=O) groups excluding carboxylic acids is 1. The lowest BCUT2D eigenvalue weighted by Crippen LogP contribution is -2.10. The van der Waals surface area contributed by atoms with Gasteiger partial charge in [0.1, 0.15) is 17.4 Å². The highest BCUT2D eigenvalue weighted by Crippen LogP contribution is 2.28. The van der Waals surface area contributed by atoms with Crippen molar-refractivity contribution in [3.05, 3.63) is 88.0 Å². The van der Waals surface area contributed by atoms with Crippen molar-refractivity contribution in [2.45, 2.75) is 27.2 Å². The Bertz CT molecular complexity index is 1040. The molecule has 3 aromatic carbocycles. The molecule has 0 aromatic heterocycles. The molecule has 0 heterocycles. The predicted molar refractivity (Wildman–Crippen MR) is 102 cm³/mol. The first kappa shape index (κ1) is 18.8. The Hall–Kier alpha value is -3.01. The average Bonchev–Trinajstić information content (AvgIpc) is 2.64. The monoisotopic (exact) mass is 366 g/mol. The molecular formula is C23H20F2O2. The molecular weight excluding hydrogens is 346 g/mol. The highest BCUT2D eigenvalue weighted by molar-refractivity contribution is 6.00. The van der Waals surface area contributed by atoms with Crippen LogP contribution in [-0.2, 0) is 6.42 Å². The van der Waals surface area contributed by atoms with Gasteiger partial charge in [-0.25, -0.2) is 8.78 Å². The van der Waals surface area contributed by atoms with E-state index < -0.39 is 5.82 Å². The van der Waals surface area contributed by atoms with Crippen molar-refractivity contribution in [3.63, 3.8) is 0 Å². The van der Waals surface area contributed by atoms with Gasteiger partial charge in [-0.3, -0.25) is 4.79 Å². The molecule has 0 atom stereocenters. The molecule has 0 aliphatic rings. The van der Waals surface area contributed by atoms with Gasteiger partial charge in [0.2, 0.25) is 0 Å². The van der Waals surface area contributed by atoms with Gasteiger partial charge >= 0.3 is 0 Å². The van der Waals surface area contributed by atoms with Gasteiger partial charge in [-0.2, -0.15) is 0 Å². The number of Topliss-reactive ketones (excluding diaryl/α,β-unsaturated/α-hetero) is 1. The molecule has 27 heavy (non-hydrogen) atoms. The number of halogens is 2. The van der Waals surface area contributed by atoms with Gasteiger partial charge in [0, 0.05) is 17.5 Å². The number of phenols is 1. The minimum absolute atomic E-state index is 0.0411. The van der Waals surface area contributed by atoms with Crippen LogP contribution in [0, 0.1) is 32.4 Å². The van der Waals surface area contributed by atoms with E-state index in [2.05, 4.69) is 0 Å². The first-order valence-electron chi connectivity index (χ1n) is 8.65. The molecule has 3 rings (SSSR count). The Kier molecular flexibility index (Phi) is 5.08. The molecule has 0 spiro atoms. The summed E-state index contributed by atoms with van der Waals surface area (Å²) in [6.07, 6.45) is -0.154. The minimum atomic E-state index is -0.519. The van der Waals surface area contributed by atoms with Crippen LogP contribution in [0.1, 0.15) is 32.6 Å². The summed E-state index contributed by atoms with van der Waals surface area (Å²) in [5.41, 5.74) is 4.12. The molecule has 0 unspecified atom stereocenters. The van der Waals surface area contributed by atoms with Crippen LogP contribution in [0.5, 0.6) is 5.75 Å². The van der Waals surface area contributed by atoms with E-state index in [1.807, 2.05) is 19.9 Å². The molecule has 0 fully saturated rings. The molecule has 3 aromatic rings. The van der Waals surface area contributed by atoms with Crippen LogP contribution in [0.15, 0.2) is 48.5 Å². The molecule has 0 saturated carbocycles. The van der Waals surface area contributed by atoms with Crippen molar-refractivity contribution in [2.24, 2.45) is 0 Å². The van der Waals surface area contributed by atoms with Gasteiger partial charge in [-0.1, -0.05) is 18.2 Å². The van der Waals surface area contributed by atoms with Crippen LogP contribution < -0.4 is 0 Å². The van der Waals surface area contributed by atoms with Crippen molar-refractivity contribution < 1.29 is 18.7 Å². The number of hydrogen-bond donors (Lipinski definition) is 1. The van der Waals surface area contributed by atoms with Crippen molar-refractivity contribution in [1.29, 1.82) is 0 Å². The number of benzene rings is 3. The third kappa shape index (κ3) is 3.75. The van der Waals surface area contributed by atoms with Gasteiger partial charge in [0.25, 0.3) is 0 Å². The lowest BCUT2D eigenvalue weighted by atomic mass is 9.90. The smallest absolute Gasteiger partial charge is 0.167 e. The van der Waals surface area contributed by atoms with E-state index in [4.69, 9.17) is 0 Å². The quantitative estimate of drug-likeness (QED) is 0.603. The van der Waals surface area contributed by atoms with Crippen molar-refractivity contribution >= 4 is 5.78 Å². The van der Waals surface area contributed by atoms with Crippen LogP contribution in [0.4, 0.5) is 8.78 Å². The minimum Gasteiger partial charge on any atom is -0.508 e. The van der Waals surface area contributed by atoms with Crippen LogP contribution in [0.3, 0.4) is 0 Å². The summed E-state index contributed by atoms with van der Waals surface area (Å²) in [5, 5.41) is 9.81. The molecule has 2 nitrogen and oxygen atoms in total. The number of aryl methyl sites for hydroxylation is 1. The number of hydrogen-bond acceptors (Lipinski definition) is 2. The van der Waals surface area contributed by atoms with E-state index in [1.54, 1.807) is 25.1 Å². The summed E-state index contributed by atoms with van der Waals surface area (Å²) in [6.45, 7) is 5.31. The first-order valence-corrected chi connectivity index (χ1v) is 8.65. The maximum atomic E-state index is 14.2. The summed E-state index contributed by atoms with van der Waals surface area (Å²) in [4.78, 5) is 12.9. The Morgan fingerprint density at radius 3 is 2.37 bits per heavy atom. The fourth-order valence-electron chi connectivity index (χ4n) is 3.17. The van der Waals surface area contributed by atoms with E-state index in [-0.39, 0.29) is 29.3 Å². The standard InChI is InChI=1S/C23H20F2O2/c1-13-9-17(16-5-4-6-18(24)10-16)11-20(14(13)2)23(27)12-19-15(3)22(26)8-7-21(19)25/h4-11,26H,12H2,1-3H3. The summed E-state index contributed by atoms with van der Waals surface area (Å²) < 4.78 is 27.7. The zero-order chi connectivity index (χ0) is 19.7. The van der Waals surface area contributed by atoms with Crippen LogP contribution in [-0.4, -0.2) is 10.9 Å². The van der Waals surface area contributed by atoms with Gasteiger partial charge in [-0.05, 0) is 78.9 Å². The van der Waals surface area contributed by atoms with Crippen molar-refractivity contribution in [1.82, 2.24) is 0 Å². The van der Waals surface area contributed by atoms with Crippen molar-refractivity contribution in [3.8, 4) is 16.9 Å². The average molecular weight is 366 g/mol. The fraction of sp³-hybridized carbons (Fsp3) is 0.174. The summed E-state index contributed by atoms with van der Waals surface area (Å²) in [6, 6.07) is 12.2. The second-order valence-electron chi connectivity index (χ2n) is 6.75. The third-order valence-electron chi connectivity index (χ3n) is 4.98. The predicted octanol–water partition coefficient (Wildman–Crippen LogP) is 5.69. The third-order valence-corrected chi connectivity index (χ3v) is 4.98. The summed E-state index contributed by atoms with van der Waals surface area (Å²) in [5.74, 6) is -1.16. The summed E-state index contributed by atoms with van der Waals surface area (Å²) in [7, 11) is 0. The number of phenolic OH excluding ortho intramolecular Hbond substituents is 1.